The molecule has 1 unspecified atom stereocenters. The Morgan fingerprint density at radius 1 is 1.38 bits per heavy atom. The second-order valence-corrected chi connectivity index (χ2v) is 3.79. The summed E-state index contributed by atoms with van der Waals surface area (Å²) >= 11 is 0. The smallest absolute Gasteiger partial charge is 0.220 e. The highest BCUT2D eigenvalue weighted by molar-refractivity contribution is 5.76. The van der Waals surface area contributed by atoms with Crippen molar-refractivity contribution in [2.45, 2.75) is 25.7 Å². The summed E-state index contributed by atoms with van der Waals surface area (Å²) in [7, 11) is 0. The Bertz CT molecular complexity index is 311. The molecule has 0 spiro atoms. The molecule has 0 aliphatic carbocycles. The lowest BCUT2D eigenvalue weighted by atomic mass is 9.93. The molecule has 2 N–H and O–H groups in total. The van der Waals surface area contributed by atoms with Gasteiger partial charge in [-0.15, -0.1) is 0 Å². The second kappa shape index (κ2) is 7.01. The number of rotatable bonds is 6. The molecule has 1 aromatic carbocycles. The summed E-state index contributed by atoms with van der Waals surface area (Å²) in [4.78, 5) is 11.5. The number of hydrogen-bond acceptors (Lipinski definition) is 2. The molecule has 0 saturated heterocycles. The molecule has 0 saturated carbocycles. The van der Waals surface area contributed by atoms with Gasteiger partial charge in [-0.25, -0.2) is 0 Å². The molecule has 0 aromatic heterocycles. The van der Waals surface area contributed by atoms with Crippen LogP contribution in [0.4, 0.5) is 0 Å². The summed E-state index contributed by atoms with van der Waals surface area (Å²) in [5.41, 5.74) is 1.20. The van der Waals surface area contributed by atoms with Crippen LogP contribution in [0.5, 0.6) is 0 Å². The lowest BCUT2D eigenvalue weighted by molar-refractivity contribution is -0.121. The first kappa shape index (κ1) is 12.7. The van der Waals surface area contributed by atoms with Crippen LogP contribution in [0.3, 0.4) is 0 Å². The molecule has 0 heterocycles. The maximum atomic E-state index is 11.5. The number of hydrogen-bond donors (Lipinski definition) is 2. The Labute approximate surface area is 96.5 Å². The molecule has 88 valence electrons. The van der Waals surface area contributed by atoms with Crippen molar-refractivity contribution in [2.75, 3.05) is 13.2 Å². The molecule has 3 nitrogen and oxygen atoms in total. The molecule has 0 aliphatic heterocycles. The topological polar surface area (TPSA) is 49.3 Å². The van der Waals surface area contributed by atoms with Crippen molar-refractivity contribution in [3.8, 4) is 0 Å². The summed E-state index contributed by atoms with van der Waals surface area (Å²) in [6, 6.07) is 10.1. The Morgan fingerprint density at radius 3 is 2.62 bits per heavy atom. The van der Waals surface area contributed by atoms with Crippen molar-refractivity contribution in [1.82, 2.24) is 5.32 Å². The van der Waals surface area contributed by atoms with Crippen LogP contribution in [0, 0.1) is 0 Å². The van der Waals surface area contributed by atoms with Gasteiger partial charge in [-0.1, -0.05) is 37.3 Å². The van der Waals surface area contributed by atoms with Crippen molar-refractivity contribution >= 4 is 5.91 Å². The summed E-state index contributed by atoms with van der Waals surface area (Å²) in [5.74, 6) is 0.268. The second-order valence-electron chi connectivity index (χ2n) is 3.79. The first-order chi connectivity index (χ1) is 7.77. The van der Waals surface area contributed by atoms with Crippen LogP contribution >= 0.6 is 0 Å². The van der Waals surface area contributed by atoms with Crippen molar-refractivity contribution in [1.29, 1.82) is 0 Å². The first-order valence-electron chi connectivity index (χ1n) is 5.70. The van der Waals surface area contributed by atoms with Crippen LogP contribution in [-0.2, 0) is 4.79 Å². The average molecular weight is 221 g/mol. The Balaban J connectivity index is 2.52. The fraction of sp³-hybridized carbons (Fsp3) is 0.462. The Hall–Kier alpha value is -1.35. The highest BCUT2D eigenvalue weighted by Gasteiger charge is 2.13. The Kier molecular flexibility index (Phi) is 5.57. The van der Waals surface area contributed by atoms with E-state index in [-0.39, 0.29) is 18.4 Å². The zero-order valence-electron chi connectivity index (χ0n) is 9.65. The maximum Gasteiger partial charge on any atom is 0.220 e. The molecule has 16 heavy (non-hydrogen) atoms. The minimum Gasteiger partial charge on any atom is -0.395 e. The van der Waals surface area contributed by atoms with Crippen LogP contribution in [0.2, 0.25) is 0 Å². The molecule has 0 radical (unpaired) electrons. The van der Waals surface area contributed by atoms with Gasteiger partial charge in [0.15, 0.2) is 0 Å². The average Bonchev–Trinajstić information content (AvgIpc) is 2.34. The van der Waals surface area contributed by atoms with E-state index in [1.54, 1.807) is 0 Å². The lowest BCUT2D eigenvalue weighted by Gasteiger charge is -2.14. The zero-order chi connectivity index (χ0) is 11.8. The number of carbonyl (C=O) groups is 1. The van der Waals surface area contributed by atoms with Gasteiger partial charge >= 0.3 is 0 Å². The summed E-state index contributed by atoms with van der Waals surface area (Å²) in [5, 5.41) is 11.3. The van der Waals surface area contributed by atoms with Crippen molar-refractivity contribution in [2.24, 2.45) is 0 Å². The minimum absolute atomic E-state index is 0.00440. The third-order valence-corrected chi connectivity index (χ3v) is 2.63. The van der Waals surface area contributed by atoms with Gasteiger partial charge in [0.1, 0.15) is 0 Å². The lowest BCUT2D eigenvalue weighted by Crippen LogP contribution is -2.27. The van der Waals surface area contributed by atoms with E-state index in [1.807, 2.05) is 30.3 Å². The fourth-order valence-electron chi connectivity index (χ4n) is 1.71. The van der Waals surface area contributed by atoms with Gasteiger partial charge in [0.2, 0.25) is 5.91 Å². The summed E-state index contributed by atoms with van der Waals surface area (Å²) < 4.78 is 0. The molecule has 1 amide bonds. The molecule has 0 bridgehead atoms. The van der Waals surface area contributed by atoms with Crippen molar-refractivity contribution < 1.29 is 9.90 Å². The van der Waals surface area contributed by atoms with E-state index in [0.29, 0.717) is 13.0 Å². The summed E-state index contributed by atoms with van der Waals surface area (Å²) in [6.07, 6.45) is 1.43. The van der Waals surface area contributed by atoms with E-state index in [9.17, 15) is 4.79 Å². The van der Waals surface area contributed by atoms with Crippen molar-refractivity contribution in [3.63, 3.8) is 0 Å². The third kappa shape index (κ3) is 4.03. The van der Waals surface area contributed by atoms with E-state index in [2.05, 4.69) is 12.2 Å². The largest absolute Gasteiger partial charge is 0.395 e. The quantitative estimate of drug-likeness (QED) is 0.768. The molecule has 1 atom stereocenters. The van der Waals surface area contributed by atoms with Gasteiger partial charge in [-0.2, -0.15) is 0 Å². The molecule has 3 heteroatoms. The van der Waals surface area contributed by atoms with Crippen LogP contribution in [-0.4, -0.2) is 24.2 Å². The van der Waals surface area contributed by atoms with Crippen LogP contribution in [0.15, 0.2) is 30.3 Å². The minimum atomic E-state index is -0.00608. The number of nitrogens with one attached hydrogen (secondary N) is 1. The monoisotopic (exact) mass is 221 g/mol. The first-order valence-corrected chi connectivity index (χ1v) is 5.70. The SMILES string of the molecule is CCC(CC(=O)NCCO)c1ccccc1. The molecule has 1 aromatic rings. The van der Waals surface area contributed by atoms with E-state index >= 15 is 0 Å². The predicted molar refractivity (Wildman–Crippen MR) is 64.2 cm³/mol. The van der Waals surface area contributed by atoms with E-state index in [1.165, 1.54) is 5.56 Å². The molecule has 0 aliphatic rings. The highest BCUT2D eigenvalue weighted by Crippen LogP contribution is 2.22. The predicted octanol–water partition coefficient (Wildman–Crippen LogP) is 1.68. The number of aliphatic hydroxyl groups is 1. The number of carbonyl (C=O) groups excluding carboxylic acids is 1. The zero-order valence-corrected chi connectivity index (χ0v) is 9.65. The van der Waals surface area contributed by atoms with Crippen LogP contribution in [0.25, 0.3) is 0 Å². The normalized spacial score (nSPS) is 12.1. The number of benzene rings is 1. The summed E-state index contributed by atoms with van der Waals surface area (Å²) in [6.45, 7) is 2.41. The molecule has 0 fully saturated rings. The van der Waals surface area contributed by atoms with Gasteiger partial charge < -0.3 is 10.4 Å². The van der Waals surface area contributed by atoms with Gasteiger partial charge in [-0.3, -0.25) is 4.79 Å². The van der Waals surface area contributed by atoms with Gasteiger partial charge in [0.25, 0.3) is 0 Å². The molecule has 1 rings (SSSR count). The van der Waals surface area contributed by atoms with Crippen molar-refractivity contribution in [3.05, 3.63) is 35.9 Å². The molecular formula is C13H19NO2. The van der Waals surface area contributed by atoms with Crippen LogP contribution < -0.4 is 5.32 Å². The van der Waals surface area contributed by atoms with Crippen LogP contribution in [0.1, 0.15) is 31.2 Å². The standard InChI is InChI=1S/C13H19NO2/c1-2-11(10-13(16)14-8-9-15)12-6-4-3-5-7-12/h3-7,11,15H,2,8-10H2,1H3,(H,14,16). The van der Waals surface area contributed by atoms with E-state index < -0.39 is 0 Å². The van der Waals surface area contributed by atoms with Gasteiger partial charge in [0.05, 0.1) is 6.61 Å². The van der Waals surface area contributed by atoms with Gasteiger partial charge in [-0.05, 0) is 17.9 Å². The van der Waals surface area contributed by atoms with E-state index in [4.69, 9.17) is 5.11 Å². The maximum absolute atomic E-state index is 11.5. The van der Waals surface area contributed by atoms with Gasteiger partial charge in [0, 0.05) is 13.0 Å². The molecular weight excluding hydrogens is 202 g/mol. The number of aliphatic hydroxyl groups excluding tert-OH is 1. The third-order valence-electron chi connectivity index (χ3n) is 2.63. The fourth-order valence-corrected chi connectivity index (χ4v) is 1.71. The Morgan fingerprint density at radius 2 is 2.06 bits per heavy atom. The number of amides is 1. The highest BCUT2D eigenvalue weighted by atomic mass is 16.3. The van der Waals surface area contributed by atoms with E-state index in [0.717, 1.165) is 6.42 Å².